The van der Waals surface area contributed by atoms with Gasteiger partial charge in [-0.3, -0.25) is 0 Å². The number of hydrogen-bond donors (Lipinski definition) is 0. The van der Waals surface area contributed by atoms with Gasteiger partial charge in [0, 0.05) is 31.8 Å². The van der Waals surface area contributed by atoms with Gasteiger partial charge in [0.15, 0.2) is 0 Å². The van der Waals surface area contributed by atoms with Crippen molar-refractivity contribution in [3.05, 3.63) is 24.3 Å². The topological polar surface area (TPSA) is 71.1 Å². The zero-order valence-corrected chi connectivity index (χ0v) is 13.8. The molecule has 0 aliphatic carbocycles. The van der Waals surface area contributed by atoms with Gasteiger partial charge in [-0.2, -0.15) is 0 Å². The molecule has 0 bridgehead atoms. The molecule has 0 atom stereocenters. The lowest BCUT2D eigenvalue weighted by molar-refractivity contribution is -0.205. The van der Waals surface area contributed by atoms with Crippen molar-refractivity contribution < 1.29 is 27.9 Å². The maximum Gasteiger partial charge on any atom is 0.416 e. The molecule has 0 saturated carbocycles. The Bertz CT molecular complexity index is 372. The first-order chi connectivity index (χ1) is 9.23. The predicted octanol–water partition coefficient (Wildman–Crippen LogP) is 1.38. The fourth-order valence-corrected chi connectivity index (χ4v) is 3.02. The summed E-state index contributed by atoms with van der Waals surface area (Å²) < 4.78 is 21.0. The lowest BCUT2D eigenvalue weighted by atomic mass is 10.3. The molecule has 0 rings (SSSR count). The second-order valence-corrected chi connectivity index (χ2v) is 6.79. The van der Waals surface area contributed by atoms with Crippen molar-refractivity contribution in [1.29, 1.82) is 0 Å². The van der Waals surface area contributed by atoms with Crippen LogP contribution in [0, 0.1) is 0 Å². The Morgan fingerprint density at radius 3 is 1.55 bits per heavy atom. The molecule has 114 valence electrons. The molecule has 0 fully saturated rings. The molecule has 6 nitrogen and oxygen atoms in total. The minimum Gasteiger partial charge on any atom is -0.418 e. The fraction of sp³-hybridized carbons (Fsp3) is 0.538. The van der Waals surface area contributed by atoms with Gasteiger partial charge in [0.05, 0.1) is 0 Å². The third kappa shape index (κ3) is 4.59. The van der Waals surface area contributed by atoms with Crippen molar-refractivity contribution in [1.82, 2.24) is 0 Å². The first-order valence-electron chi connectivity index (χ1n) is 6.07. The van der Waals surface area contributed by atoms with Crippen LogP contribution in [0.1, 0.15) is 27.2 Å². The van der Waals surface area contributed by atoms with Gasteiger partial charge in [-0.25, -0.2) is 9.59 Å². The molecule has 0 aromatic rings. The van der Waals surface area contributed by atoms with E-state index in [4.69, 9.17) is 18.3 Å². The van der Waals surface area contributed by atoms with E-state index in [1.54, 1.807) is 6.92 Å². The number of carbonyl (C=O) groups excluding carboxylic acids is 2. The maximum atomic E-state index is 11.8. The summed E-state index contributed by atoms with van der Waals surface area (Å²) in [6.07, 6.45) is 0.198. The molecule has 0 aliphatic rings. The SMILES string of the molecule is C=C(C)C(=O)OC(CC)(OC(=O)C(=C)C)[SiH](OC)OC. The first kappa shape index (κ1) is 18.6. The molecule has 0 aromatic heterocycles. The lowest BCUT2D eigenvalue weighted by Crippen LogP contribution is -2.55. The molecular weight excluding hydrogens is 280 g/mol. The van der Waals surface area contributed by atoms with Crippen LogP contribution >= 0.6 is 0 Å². The summed E-state index contributed by atoms with van der Waals surface area (Å²) in [5, 5.41) is 0. The van der Waals surface area contributed by atoms with Crippen LogP contribution in [0.3, 0.4) is 0 Å². The van der Waals surface area contributed by atoms with Crippen molar-refractivity contribution >= 4 is 21.2 Å². The summed E-state index contributed by atoms with van der Waals surface area (Å²) >= 11 is 0. The van der Waals surface area contributed by atoms with E-state index < -0.39 is 26.6 Å². The van der Waals surface area contributed by atoms with Crippen LogP contribution in [0.2, 0.25) is 0 Å². The normalized spacial score (nSPS) is 11.1. The van der Waals surface area contributed by atoms with Gasteiger partial charge in [-0.1, -0.05) is 20.1 Å². The van der Waals surface area contributed by atoms with Crippen molar-refractivity contribution in [2.24, 2.45) is 0 Å². The molecule has 0 unspecified atom stereocenters. The Hall–Kier alpha value is -1.44. The van der Waals surface area contributed by atoms with Crippen molar-refractivity contribution in [3.8, 4) is 0 Å². The largest absolute Gasteiger partial charge is 0.418 e. The molecular formula is C13H22O6Si. The summed E-state index contributed by atoms with van der Waals surface area (Å²) in [6, 6.07) is 0. The molecule has 20 heavy (non-hydrogen) atoms. The fourth-order valence-electron chi connectivity index (χ4n) is 1.37. The number of rotatable bonds is 8. The number of esters is 2. The summed E-state index contributed by atoms with van der Waals surface area (Å²) in [5.74, 6) is -1.35. The summed E-state index contributed by atoms with van der Waals surface area (Å²) in [7, 11) is 0.216. The molecule has 0 radical (unpaired) electrons. The summed E-state index contributed by atoms with van der Waals surface area (Å²) in [6.45, 7) is 11.7. The summed E-state index contributed by atoms with van der Waals surface area (Å²) in [5.41, 5.74) is -1.18. The first-order valence-corrected chi connectivity index (χ1v) is 7.59. The molecule has 0 aromatic carbocycles. The van der Waals surface area contributed by atoms with E-state index >= 15 is 0 Å². The third-order valence-corrected chi connectivity index (χ3v) is 4.73. The van der Waals surface area contributed by atoms with Crippen LogP contribution in [0.4, 0.5) is 0 Å². The van der Waals surface area contributed by atoms with Crippen LogP contribution in [0.25, 0.3) is 0 Å². The van der Waals surface area contributed by atoms with Crippen molar-refractivity contribution in [2.45, 2.75) is 32.6 Å². The van der Waals surface area contributed by atoms with E-state index in [0.717, 1.165) is 0 Å². The highest BCUT2D eigenvalue weighted by molar-refractivity contribution is 6.48. The van der Waals surface area contributed by atoms with Crippen molar-refractivity contribution in [3.63, 3.8) is 0 Å². The van der Waals surface area contributed by atoms with Gasteiger partial charge in [0.25, 0.3) is 5.41 Å². The zero-order valence-electron chi connectivity index (χ0n) is 12.6. The van der Waals surface area contributed by atoms with Gasteiger partial charge in [0.1, 0.15) is 0 Å². The Morgan fingerprint density at radius 2 is 1.35 bits per heavy atom. The standard InChI is InChI=1S/C13H22O6Si/c1-8-13(20(16-6)17-7,18-11(14)9(2)3)19-12(15)10(4)5/h20H,2,4,8H2,1,3,5-7H3. The molecule has 0 saturated heterocycles. The Kier molecular flexibility index (Phi) is 7.41. The second-order valence-electron chi connectivity index (χ2n) is 4.31. The Morgan fingerprint density at radius 1 is 1.00 bits per heavy atom. The van der Waals surface area contributed by atoms with E-state index in [2.05, 4.69) is 13.2 Å². The average Bonchev–Trinajstić information content (AvgIpc) is 2.39. The average molecular weight is 302 g/mol. The van der Waals surface area contributed by atoms with Crippen LogP contribution in [0.15, 0.2) is 24.3 Å². The number of ether oxygens (including phenoxy) is 2. The minimum absolute atomic E-state index is 0.189. The van der Waals surface area contributed by atoms with Gasteiger partial charge >= 0.3 is 21.2 Å². The number of carbonyl (C=O) groups is 2. The van der Waals surface area contributed by atoms with Gasteiger partial charge < -0.3 is 18.3 Å². The quantitative estimate of drug-likeness (QED) is 0.292. The Balaban J connectivity index is 5.47. The predicted molar refractivity (Wildman–Crippen MR) is 76.0 cm³/mol. The maximum absolute atomic E-state index is 11.8. The van der Waals surface area contributed by atoms with Crippen LogP contribution in [0.5, 0.6) is 0 Å². The van der Waals surface area contributed by atoms with E-state index in [9.17, 15) is 9.59 Å². The van der Waals surface area contributed by atoms with Gasteiger partial charge in [-0.05, 0) is 13.8 Å². The molecule has 0 amide bonds. The van der Waals surface area contributed by atoms with Gasteiger partial charge in [0.2, 0.25) is 0 Å². The van der Waals surface area contributed by atoms with Crippen molar-refractivity contribution in [2.75, 3.05) is 14.2 Å². The zero-order chi connectivity index (χ0) is 15.9. The minimum atomic E-state index is -2.61. The lowest BCUT2D eigenvalue weighted by Gasteiger charge is -2.35. The van der Waals surface area contributed by atoms with E-state index in [-0.39, 0.29) is 17.6 Å². The van der Waals surface area contributed by atoms with Gasteiger partial charge in [-0.15, -0.1) is 0 Å². The van der Waals surface area contributed by atoms with E-state index in [1.165, 1.54) is 28.1 Å². The highest BCUT2D eigenvalue weighted by atomic mass is 28.3. The van der Waals surface area contributed by atoms with Crippen LogP contribution in [-0.2, 0) is 27.9 Å². The second kappa shape index (κ2) is 7.98. The van der Waals surface area contributed by atoms with E-state index in [1.807, 2.05) is 0 Å². The Labute approximate surface area is 121 Å². The molecule has 0 heterocycles. The van der Waals surface area contributed by atoms with Crippen LogP contribution < -0.4 is 0 Å². The number of hydrogen-bond acceptors (Lipinski definition) is 6. The molecule has 0 spiro atoms. The monoisotopic (exact) mass is 302 g/mol. The molecule has 0 aliphatic heterocycles. The third-order valence-electron chi connectivity index (χ3n) is 2.51. The molecule has 7 heteroatoms. The summed E-state index contributed by atoms with van der Waals surface area (Å²) in [4.78, 5) is 23.6. The smallest absolute Gasteiger partial charge is 0.416 e. The van der Waals surface area contributed by atoms with Crippen LogP contribution in [-0.4, -0.2) is 40.9 Å². The molecule has 0 N–H and O–H groups in total. The van der Waals surface area contributed by atoms with E-state index in [0.29, 0.717) is 0 Å². The highest BCUT2D eigenvalue weighted by Gasteiger charge is 2.49. The highest BCUT2D eigenvalue weighted by Crippen LogP contribution is 2.25.